The highest BCUT2D eigenvalue weighted by Gasteiger charge is 2.28. The van der Waals surface area contributed by atoms with Gasteiger partial charge in [0, 0.05) is 11.1 Å². The Labute approximate surface area is 104 Å². The summed E-state index contributed by atoms with van der Waals surface area (Å²) >= 11 is 0. The highest BCUT2D eigenvalue weighted by molar-refractivity contribution is 6.39. The van der Waals surface area contributed by atoms with Gasteiger partial charge >= 0.3 is 0 Å². The van der Waals surface area contributed by atoms with E-state index >= 15 is 0 Å². The molecule has 3 heteroatoms. The van der Waals surface area contributed by atoms with Gasteiger partial charge in [0.15, 0.2) is 5.78 Å². The van der Waals surface area contributed by atoms with Gasteiger partial charge in [0.1, 0.15) is 5.75 Å². The Morgan fingerprint density at radius 3 is 2.11 bits per heavy atom. The zero-order valence-corrected chi connectivity index (χ0v) is 9.55. The van der Waals surface area contributed by atoms with Gasteiger partial charge in [0.05, 0.1) is 11.3 Å². The summed E-state index contributed by atoms with van der Waals surface area (Å²) in [6.45, 7) is 0. The fraction of sp³-hybridized carbons (Fsp3) is 0. The molecule has 0 fully saturated rings. The Morgan fingerprint density at radius 1 is 0.889 bits per heavy atom. The Morgan fingerprint density at radius 2 is 1.50 bits per heavy atom. The summed E-state index contributed by atoms with van der Waals surface area (Å²) in [6, 6.07) is 13.8. The summed E-state index contributed by atoms with van der Waals surface area (Å²) in [5.41, 5.74) is 9.21. The first-order chi connectivity index (χ1) is 8.68. The lowest BCUT2D eigenvalue weighted by Gasteiger charge is -2.03. The second-order valence-corrected chi connectivity index (χ2v) is 4.21. The number of rotatable bonds is 1. The molecular weight excluding hydrogens is 226 g/mol. The van der Waals surface area contributed by atoms with Crippen LogP contribution in [0.1, 0.15) is 21.5 Å². The number of fused-ring (bicyclic) bond motifs is 1. The topological polar surface area (TPSA) is 63.3 Å². The van der Waals surface area contributed by atoms with Crippen molar-refractivity contribution in [1.29, 1.82) is 0 Å². The van der Waals surface area contributed by atoms with Gasteiger partial charge in [0.2, 0.25) is 0 Å². The lowest BCUT2D eigenvalue weighted by molar-refractivity contribution is 0.105. The number of benzene rings is 2. The van der Waals surface area contributed by atoms with Gasteiger partial charge in [0.25, 0.3) is 0 Å². The third-order valence-corrected chi connectivity index (χ3v) is 3.11. The third-order valence-electron chi connectivity index (χ3n) is 3.11. The molecule has 0 heterocycles. The molecule has 0 unspecified atom stereocenters. The predicted molar refractivity (Wildman–Crippen MR) is 69.9 cm³/mol. The second kappa shape index (κ2) is 3.74. The summed E-state index contributed by atoms with van der Waals surface area (Å²) in [6.07, 6.45) is 0. The van der Waals surface area contributed by atoms with E-state index in [0.717, 1.165) is 11.1 Å². The molecule has 3 nitrogen and oxygen atoms in total. The number of carbonyl (C=O) groups is 1. The monoisotopic (exact) mass is 237 g/mol. The molecule has 0 spiro atoms. The number of aromatic hydroxyl groups is 1. The minimum absolute atomic E-state index is 0.0613. The van der Waals surface area contributed by atoms with Gasteiger partial charge < -0.3 is 10.8 Å². The highest BCUT2D eigenvalue weighted by Crippen LogP contribution is 2.35. The molecule has 3 rings (SSSR count). The molecule has 0 amide bonds. The number of Topliss-reactive ketones (excluding diaryl/α,β-unsaturated/α-hetero) is 1. The van der Waals surface area contributed by atoms with Crippen LogP contribution >= 0.6 is 0 Å². The fourth-order valence-corrected chi connectivity index (χ4v) is 2.22. The minimum Gasteiger partial charge on any atom is -0.508 e. The molecule has 0 aliphatic heterocycles. The molecule has 0 radical (unpaired) electrons. The van der Waals surface area contributed by atoms with E-state index < -0.39 is 0 Å². The van der Waals surface area contributed by atoms with Crippen molar-refractivity contribution in [2.45, 2.75) is 0 Å². The smallest absolute Gasteiger partial charge is 0.196 e. The first kappa shape index (κ1) is 10.6. The van der Waals surface area contributed by atoms with E-state index in [2.05, 4.69) is 0 Å². The molecule has 0 saturated heterocycles. The lowest BCUT2D eigenvalue weighted by Crippen LogP contribution is -1.99. The number of hydrogen-bond donors (Lipinski definition) is 2. The largest absolute Gasteiger partial charge is 0.508 e. The van der Waals surface area contributed by atoms with Crippen molar-refractivity contribution in [3.63, 3.8) is 0 Å². The van der Waals surface area contributed by atoms with Crippen LogP contribution in [0.15, 0.2) is 48.5 Å². The molecule has 3 N–H and O–H groups in total. The van der Waals surface area contributed by atoms with Crippen LogP contribution in [0.3, 0.4) is 0 Å². The van der Waals surface area contributed by atoms with Crippen LogP contribution in [0.5, 0.6) is 5.75 Å². The van der Waals surface area contributed by atoms with Crippen LogP contribution in [0.25, 0.3) is 11.3 Å². The summed E-state index contributed by atoms with van der Waals surface area (Å²) < 4.78 is 0. The highest BCUT2D eigenvalue weighted by atomic mass is 16.3. The molecule has 0 atom stereocenters. The number of hydrogen-bond acceptors (Lipinski definition) is 3. The maximum Gasteiger partial charge on any atom is 0.196 e. The van der Waals surface area contributed by atoms with Crippen molar-refractivity contribution >= 4 is 17.1 Å². The van der Waals surface area contributed by atoms with E-state index in [1.54, 1.807) is 30.3 Å². The number of phenols is 1. The number of phenolic OH excluding ortho intramolecular Hbond substituents is 1. The molecular formula is C15H11NO2. The SMILES string of the molecule is NC1=C(c2ccc(O)cc2)C(=O)c2ccccc21. The number of ketones is 1. The van der Waals surface area contributed by atoms with Crippen LogP contribution in [0.2, 0.25) is 0 Å². The van der Waals surface area contributed by atoms with Crippen molar-refractivity contribution in [3.05, 3.63) is 65.2 Å². The van der Waals surface area contributed by atoms with E-state index in [-0.39, 0.29) is 11.5 Å². The van der Waals surface area contributed by atoms with E-state index in [9.17, 15) is 9.90 Å². The molecule has 0 saturated carbocycles. The molecule has 0 bridgehead atoms. The minimum atomic E-state index is -0.0613. The van der Waals surface area contributed by atoms with Crippen molar-refractivity contribution in [2.75, 3.05) is 0 Å². The van der Waals surface area contributed by atoms with Crippen molar-refractivity contribution in [1.82, 2.24) is 0 Å². The Bertz CT molecular complexity index is 669. The van der Waals surface area contributed by atoms with Gasteiger partial charge in [-0.1, -0.05) is 36.4 Å². The number of nitrogens with two attached hydrogens (primary N) is 1. The first-order valence-electron chi connectivity index (χ1n) is 5.62. The van der Waals surface area contributed by atoms with Crippen molar-refractivity contribution < 1.29 is 9.90 Å². The third kappa shape index (κ3) is 1.41. The molecule has 18 heavy (non-hydrogen) atoms. The van der Waals surface area contributed by atoms with Crippen molar-refractivity contribution in [3.8, 4) is 5.75 Å². The van der Waals surface area contributed by atoms with E-state index in [1.165, 1.54) is 0 Å². The molecule has 2 aromatic rings. The van der Waals surface area contributed by atoms with Crippen molar-refractivity contribution in [2.24, 2.45) is 5.73 Å². The summed E-state index contributed by atoms with van der Waals surface area (Å²) in [7, 11) is 0. The van der Waals surface area contributed by atoms with Gasteiger partial charge in [-0.25, -0.2) is 0 Å². The van der Waals surface area contributed by atoms with Crippen LogP contribution < -0.4 is 5.73 Å². The van der Waals surface area contributed by atoms with E-state index in [0.29, 0.717) is 16.8 Å². The van der Waals surface area contributed by atoms with Gasteiger partial charge in [-0.05, 0) is 17.7 Å². The predicted octanol–water partition coefficient (Wildman–Crippen LogP) is 2.42. The summed E-state index contributed by atoms with van der Waals surface area (Å²) in [5.74, 6) is 0.106. The molecule has 1 aliphatic rings. The van der Waals surface area contributed by atoms with Crippen LogP contribution in [-0.2, 0) is 0 Å². The standard InChI is InChI=1S/C15H11NO2/c16-14-11-3-1-2-4-12(11)15(18)13(14)9-5-7-10(17)8-6-9/h1-8,17H,16H2. The Kier molecular flexibility index (Phi) is 2.20. The average Bonchev–Trinajstić information content (AvgIpc) is 2.64. The fourth-order valence-electron chi connectivity index (χ4n) is 2.22. The van der Waals surface area contributed by atoms with Crippen LogP contribution in [0.4, 0.5) is 0 Å². The molecule has 2 aromatic carbocycles. The zero-order chi connectivity index (χ0) is 12.7. The molecule has 88 valence electrons. The maximum atomic E-state index is 12.3. The van der Waals surface area contributed by atoms with Gasteiger partial charge in [-0.3, -0.25) is 4.79 Å². The normalized spacial score (nSPS) is 13.9. The van der Waals surface area contributed by atoms with Crippen LogP contribution in [-0.4, -0.2) is 10.9 Å². The first-order valence-corrected chi connectivity index (χ1v) is 5.62. The summed E-state index contributed by atoms with van der Waals surface area (Å²) in [5, 5.41) is 9.27. The molecule has 0 aromatic heterocycles. The summed E-state index contributed by atoms with van der Waals surface area (Å²) in [4.78, 5) is 12.3. The van der Waals surface area contributed by atoms with Gasteiger partial charge in [-0.15, -0.1) is 0 Å². The van der Waals surface area contributed by atoms with Gasteiger partial charge in [-0.2, -0.15) is 0 Å². The van der Waals surface area contributed by atoms with E-state index in [4.69, 9.17) is 5.73 Å². The van der Waals surface area contributed by atoms with Crippen LogP contribution in [0, 0.1) is 0 Å². The maximum absolute atomic E-state index is 12.3. The Balaban J connectivity index is 2.18. The quantitative estimate of drug-likeness (QED) is 0.800. The second-order valence-electron chi connectivity index (χ2n) is 4.21. The molecule has 1 aliphatic carbocycles. The van der Waals surface area contributed by atoms with E-state index in [1.807, 2.05) is 18.2 Å². The lowest BCUT2D eigenvalue weighted by atomic mass is 10.0. The Hall–Kier alpha value is -2.55. The zero-order valence-electron chi connectivity index (χ0n) is 9.55. The number of allylic oxidation sites excluding steroid dienone is 1. The number of carbonyl (C=O) groups excluding carboxylic acids is 1. The average molecular weight is 237 g/mol.